The van der Waals surface area contributed by atoms with Crippen molar-refractivity contribution in [2.75, 3.05) is 13.7 Å². The van der Waals surface area contributed by atoms with Crippen LogP contribution < -0.4 is 4.74 Å². The Balaban J connectivity index is 1.84. The zero-order valence-corrected chi connectivity index (χ0v) is 14.7. The van der Waals surface area contributed by atoms with Crippen LogP contribution >= 0.6 is 11.3 Å². The highest BCUT2D eigenvalue weighted by atomic mass is 32.1. The summed E-state index contributed by atoms with van der Waals surface area (Å²) in [5.41, 5.74) is 4.43. The highest BCUT2D eigenvalue weighted by Gasteiger charge is 2.16. The molecule has 3 aromatic rings. The Morgan fingerprint density at radius 3 is 2.92 bits per heavy atom. The summed E-state index contributed by atoms with van der Waals surface area (Å²) in [5.74, 6) is 0.842. The van der Waals surface area contributed by atoms with Gasteiger partial charge < -0.3 is 9.64 Å². The molecular formula is C19H20N2O2S. The molecule has 0 spiro atoms. The van der Waals surface area contributed by atoms with E-state index in [0.717, 1.165) is 28.0 Å². The van der Waals surface area contributed by atoms with Crippen LogP contribution in [-0.2, 0) is 6.54 Å². The van der Waals surface area contributed by atoms with E-state index in [0.29, 0.717) is 18.7 Å². The van der Waals surface area contributed by atoms with E-state index in [-0.39, 0.29) is 5.91 Å². The first-order valence-electron chi connectivity index (χ1n) is 7.96. The van der Waals surface area contributed by atoms with Gasteiger partial charge in [0.05, 0.1) is 22.8 Å². The lowest BCUT2D eigenvalue weighted by molar-refractivity contribution is 0.0743. The molecular weight excluding hydrogens is 320 g/mol. The zero-order chi connectivity index (χ0) is 16.9. The Bertz CT molecular complexity index is 844. The summed E-state index contributed by atoms with van der Waals surface area (Å²) in [6, 6.07) is 13.6. The minimum atomic E-state index is 0.0366. The van der Waals surface area contributed by atoms with Crippen molar-refractivity contribution in [2.45, 2.75) is 19.9 Å². The molecule has 1 heterocycles. The maximum atomic E-state index is 12.9. The Kier molecular flexibility index (Phi) is 5.11. The van der Waals surface area contributed by atoms with Crippen LogP contribution in [0.1, 0.15) is 29.3 Å². The fourth-order valence-corrected chi connectivity index (χ4v) is 3.35. The lowest BCUT2D eigenvalue weighted by Gasteiger charge is -2.22. The van der Waals surface area contributed by atoms with Gasteiger partial charge in [0.1, 0.15) is 5.75 Å². The predicted octanol–water partition coefficient (Wildman–Crippen LogP) is 4.36. The van der Waals surface area contributed by atoms with Gasteiger partial charge in [0.25, 0.3) is 5.91 Å². The van der Waals surface area contributed by atoms with Crippen LogP contribution in [0.2, 0.25) is 0 Å². The van der Waals surface area contributed by atoms with Gasteiger partial charge in [0, 0.05) is 18.7 Å². The van der Waals surface area contributed by atoms with Gasteiger partial charge in [0.15, 0.2) is 0 Å². The second-order valence-electron chi connectivity index (χ2n) is 5.61. The Morgan fingerprint density at radius 1 is 1.25 bits per heavy atom. The smallest absolute Gasteiger partial charge is 0.254 e. The number of nitrogens with zero attached hydrogens (tertiary/aromatic N) is 2. The number of hydrogen-bond donors (Lipinski definition) is 0. The third-order valence-corrected chi connectivity index (χ3v) is 4.68. The van der Waals surface area contributed by atoms with E-state index in [2.05, 4.69) is 11.9 Å². The largest absolute Gasteiger partial charge is 0.497 e. The molecule has 0 unspecified atom stereocenters. The maximum absolute atomic E-state index is 12.9. The molecule has 0 saturated carbocycles. The number of hydrogen-bond acceptors (Lipinski definition) is 4. The van der Waals surface area contributed by atoms with Crippen LogP contribution in [0.25, 0.3) is 10.2 Å². The van der Waals surface area contributed by atoms with Crippen LogP contribution in [0.3, 0.4) is 0 Å². The van der Waals surface area contributed by atoms with Crippen molar-refractivity contribution in [1.82, 2.24) is 9.88 Å². The van der Waals surface area contributed by atoms with Gasteiger partial charge in [0.2, 0.25) is 0 Å². The minimum absolute atomic E-state index is 0.0366. The van der Waals surface area contributed by atoms with Crippen molar-refractivity contribution in [3.05, 3.63) is 59.1 Å². The molecule has 0 saturated heterocycles. The standard InChI is InChI=1S/C19H20N2O2S/c1-3-9-21(12-14-5-4-6-16(10-14)23-2)19(22)15-7-8-18-17(11-15)20-13-24-18/h4-8,10-11,13H,3,9,12H2,1-2H3. The van der Waals surface area contributed by atoms with E-state index in [1.165, 1.54) is 0 Å². The topological polar surface area (TPSA) is 42.4 Å². The van der Waals surface area contributed by atoms with Crippen LogP contribution in [0.4, 0.5) is 0 Å². The SMILES string of the molecule is CCCN(Cc1cccc(OC)c1)C(=O)c1ccc2scnc2c1. The van der Waals surface area contributed by atoms with E-state index in [4.69, 9.17) is 4.74 Å². The number of methoxy groups -OCH3 is 1. The maximum Gasteiger partial charge on any atom is 0.254 e. The number of aromatic nitrogens is 1. The lowest BCUT2D eigenvalue weighted by atomic mass is 10.1. The lowest BCUT2D eigenvalue weighted by Crippen LogP contribution is -2.31. The van der Waals surface area contributed by atoms with Gasteiger partial charge in [-0.3, -0.25) is 4.79 Å². The quantitative estimate of drug-likeness (QED) is 0.670. The molecule has 5 heteroatoms. The van der Waals surface area contributed by atoms with Crippen LogP contribution in [0, 0.1) is 0 Å². The van der Waals surface area contributed by atoms with Crippen molar-refractivity contribution in [1.29, 1.82) is 0 Å². The summed E-state index contributed by atoms with van der Waals surface area (Å²) in [7, 11) is 1.65. The monoisotopic (exact) mass is 340 g/mol. The molecule has 2 aromatic carbocycles. The Hall–Kier alpha value is -2.40. The van der Waals surface area contributed by atoms with Gasteiger partial charge in [-0.25, -0.2) is 4.98 Å². The zero-order valence-electron chi connectivity index (χ0n) is 13.9. The number of carbonyl (C=O) groups excluding carboxylic acids is 1. The van der Waals surface area contributed by atoms with Crippen molar-refractivity contribution < 1.29 is 9.53 Å². The molecule has 0 aliphatic carbocycles. The molecule has 0 bridgehead atoms. The summed E-state index contributed by atoms with van der Waals surface area (Å²) in [6.45, 7) is 3.36. The normalized spacial score (nSPS) is 10.8. The van der Waals surface area contributed by atoms with Crippen LogP contribution in [0.5, 0.6) is 5.75 Å². The molecule has 0 fully saturated rings. The summed E-state index contributed by atoms with van der Waals surface area (Å²) >= 11 is 1.58. The molecule has 1 aromatic heterocycles. The molecule has 0 aliphatic heterocycles. The van der Waals surface area contributed by atoms with Gasteiger partial charge in [-0.1, -0.05) is 19.1 Å². The number of benzene rings is 2. The van der Waals surface area contributed by atoms with E-state index < -0.39 is 0 Å². The summed E-state index contributed by atoms with van der Waals surface area (Å²) in [6.07, 6.45) is 0.911. The predicted molar refractivity (Wildman–Crippen MR) is 97.6 cm³/mol. The molecule has 0 radical (unpaired) electrons. The first-order chi connectivity index (χ1) is 11.7. The number of carbonyl (C=O) groups is 1. The number of amides is 1. The molecule has 0 aliphatic rings. The molecule has 0 atom stereocenters. The number of ether oxygens (including phenoxy) is 1. The Labute approximate surface area is 145 Å². The van der Waals surface area contributed by atoms with Crippen molar-refractivity contribution >= 4 is 27.5 Å². The first kappa shape index (κ1) is 16.5. The summed E-state index contributed by atoms with van der Waals surface area (Å²) in [5, 5.41) is 0. The second-order valence-corrected chi connectivity index (χ2v) is 6.50. The van der Waals surface area contributed by atoms with Crippen LogP contribution in [-0.4, -0.2) is 29.4 Å². The third kappa shape index (κ3) is 3.57. The number of rotatable bonds is 6. The summed E-state index contributed by atoms with van der Waals surface area (Å²) in [4.78, 5) is 19.1. The molecule has 1 amide bonds. The minimum Gasteiger partial charge on any atom is -0.497 e. The van der Waals surface area contributed by atoms with Crippen molar-refractivity contribution in [3.8, 4) is 5.75 Å². The van der Waals surface area contributed by atoms with Gasteiger partial charge >= 0.3 is 0 Å². The third-order valence-electron chi connectivity index (χ3n) is 3.87. The molecule has 0 N–H and O–H groups in total. The van der Waals surface area contributed by atoms with Gasteiger partial charge in [-0.15, -0.1) is 11.3 Å². The summed E-state index contributed by atoms with van der Waals surface area (Å²) < 4.78 is 6.37. The van der Waals surface area contributed by atoms with E-state index >= 15 is 0 Å². The van der Waals surface area contributed by atoms with Gasteiger partial charge in [-0.05, 0) is 42.3 Å². The Morgan fingerprint density at radius 2 is 2.12 bits per heavy atom. The number of fused-ring (bicyclic) bond motifs is 1. The highest BCUT2D eigenvalue weighted by molar-refractivity contribution is 7.16. The molecule has 24 heavy (non-hydrogen) atoms. The fourth-order valence-electron chi connectivity index (χ4n) is 2.69. The van der Waals surface area contributed by atoms with E-state index in [9.17, 15) is 4.79 Å². The van der Waals surface area contributed by atoms with E-state index in [1.54, 1.807) is 24.0 Å². The van der Waals surface area contributed by atoms with Crippen molar-refractivity contribution in [3.63, 3.8) is 0 Å². The van der Waals surface area contributed by atoms with E-state index in [1.807, 2.05) is 47.4 Å². The van der Waals surface area contributed by atoms with Crippen molar-refractivity contribution in [2.24, 2.45) is 0 Å². The number of thiazole rings is 1. The van der Waals surface area contributed by atoms with Gasteiger partial charge in [-0.2, -0.15) is 0 Å². The average Bonchev–Trinajstić information content (AvgIpc) is 3.08. The first-order valence-corrected chi connectivity index (χ1v) is 8.84. The highest BCUT2D eigenvalue weighted by Crippen LogP contribution is 2.21. The second kappa shape index (κ2) is 7.45. The molecule has 124 valence electrons. The molecule has 3 rings (SSSR count). The fraction of sp³-hybridized carbons (Fsp3) is 0.263. The average molecular weight is 340 g/mol. The van der Waals surface area contributed by atoms with Crippen LogP contribution in [0.15, 0.2) is 48.0 Å². The molecule has 4 nitrogen and oxygen atoms in total.